The number of hydrogen-bond donors (Lipinski definition) is 2. The van der Waals surface area contributed by atoms with Crippen LogP contribution in [0.25, 0.3) is 0 Å². The molecule has 0 radical (unpaired) electrons. The van der Waals surface area contributed by atoms with E-state index < -0.39 is 46.9 Å². The normalized spacial score (nSPS) is 21.1. The summed E-state index contributed by atoms with van der Waals surface area (Å²) >= 11 is 0. The maximum atomic E-state index is 13.5. The topological polar surface area (TPSA) is 66.4 Å². The number of aliphatic carboxylic acids is 1. The molecule has 0 aromatic heterocycles. The van der Waals surface area contributed by atoms with Crippen LogP contribution in [0.2, 0.25) is 0 Å². The Morgan fingerprint density at radius 2 is 1.71 bits per heavy atom. The lowest BCUT2D eigenvalue weighted by Crippen LogP contribution is -2.35. The molecule has 0 aliphatic heterocycles. The molecular weight excluding hydrogens is 287 g/mol. The van der Waals surface area contributed by atoms with Gasteiger partial charge in [-0.05, 0) is 12.8 Å². The van der Waals surface area contributed by atoms with Gasteiger partial charge in [-0.1, -0.05) is 12.2 Å². The van der Waals surface area contributed by atoms with Gasteiger partial charge in [0.2, 0.25) is 5.91 Å². The molecule has 0 unspecified atom stereocenters. The molecule has 21 heavy (non-hydrogen) atoms. The number of rotatable bonds is 3. The Kier molecular flexibility index (Phi) is 4.30. The second-order valence-electron chi connectivity index (χ2n) is 4.73. The number of carboxylic acid groups (broad SMARTS) is 1. The Balaban J connectivity index is 2.21. The summed E-state index contributed by atoms with van der Waals surface area (Å²) in [5.41, 5.74) is -0.642. The van der Waals surface area contributed by atoms with Gasteiger partial charge in [0.25, 0.3) is 0 Å². The summed E-state index contributed by atoms with van der Waals surface area (Å²) in [6.07, 6.45) is 3.63. The first kappa shape index (κ1) is 15.1. The van der Waals surface area contributed by atoms with Gasteiger partial charge in [-0.15, -0.1) is 0 Å². The number of benzene rings is 1. The van der Waals surface area contributed by atoms with Gasteiger partial charge in [0.05, 0.1) is 17.5 Å². The largest absolute Gasteiger partial charge is 0.481 e. The molecule has 0 saturated heterocycles. The molecule has 1 aliphatic carbocycles. The Labute approximate surface area is 118 Å². The van der Waals surface area contributed by atoms with Crippen molar-refractivity contribution in [2.75, 3.05) is 5.32 Å². The van der Waals surface area contributed by atoms with E-state index in [2.05, 4.69) is 5.32 Å². The summed E-state index contributed by atoms with van der Waals surface area (Å²) in [4.78, 5) is 23.1. The van der Waals surface area contributed by atoms with Crippen LogP contribution >= 0.6 is 0 Å². The van der Waals surface area contributed by atoms with Crippen molar-refractivity contribution >= 4 is 17.6 Å². The van der Waals surface area contributed by atoms with Crippen molar-refractivity contribution in [2.24, 2.45) is 11.8 Å². The molecule has 1 amide bonds. The predicted octanol–water partition coefficient (Wildman–Crippen LogP) is 2.71. The fourth-order valence-electron chi connectivity index (χ4n) is 2.25. The molecule has 1 aliphatic rings. The van der Waals surface area contributed by atoms with Crippen molar-refractivity contribution in [1.82, 2.24) is 0 Å². The molecular formula is C14H12F3NO3. The maximum Gasteiger partial charge on any atom is 0.307 e. The van der Waals surface area contributed by atoms with Crippen LogP contribution in [0.5, 0.6) is 0 Å². The first-order chi connectivity index (χ1) is 9.90. The van der Waals surface area contributed by atoms with Crippen molar-refractivity contribution in [1.29, 1.82) is 0 Å². The molecule has 0 fully saturated rings. The van der Waals surface area contributed by atoms with Gasteiger partial charge in [0.15, 0.2) is 11.6 Å². The Morgan fingerprint density at radius 3 is 2.33 bits per heavy atom. The highest BCUT2D eigenvalue weighted by Crippen LogP contribution is 2.28. The number of nitrogens with one attached hydrogen (secondary N) is 1. The molecule has 0 heterocycles. The average molecular weight is 299 g/mol. The zero-order chi connectivity index (χ0) is 15.6. The molecule has 1 aromatic carbocycles. The number of allylic oxidation sites excluding steroid dienone is 2. The summed E-state index contributed by atoms with van der Waals surface area (Å²) in [6, 6.07) is 0.999. The van der Waals surface area contributed by atoms with E-state index in [1.54, 1.807) is 12.2 Å². The number of carboxylic acids is 1. The maximum absolute atomic E-state index is 13.5. The summed E-state index contributed by atoms with van der Waals surface area (Å²) in [7, 11) is 0. The van der Waals surface area contributed by atoms with Crippen molar-refractivity contribution in [3.8, 4) is 0 Å². The lowest BCUT2D eigenvalue weighted by molar-refractivity contribution is -0.146. The van der Waals surface area contributed by atoms with Gasteiger partial charge in [0.1, 0.15) is 5.82 Å². The highest BCUT2D eigenvalue weighted by molar-refractivity contribution is 5.95. The third kappa shape index (κ3) is 3.24. The van der Waals surface area contributed by atoms with Crippen LogP contribution in [0.1, 0.15) is 12.8 Å². The molecule has 1 aromatic rings. The van der Waals surface area contributed by atoms with Crippen LogP contribution in [0, 0.1) is 29.3 Å². The van der Waals surface area contributed by atoms with E-state index in [1.807, 2.05) is 0 Å². The monoisotopic (exact) mass is 299 g/mol. The predicted molar refractivity (Wildman–Crippen MR) is 67.9 cm³/mol. The van der Waals surface area contributed by atoms with Gasteiger partial charge in [-0.2, -0.15) is 0 Å². The minimum atomic E-state index is -1.43. The molecule has 0 bridgehead atoms. The standard InChI is InChI=1S/C14H12F3NO3/c15-7-5-10(16)12(17)11(6-7)18-13(19)8-3-1-2-4-9(8)14(20)21/h1-2,5-6,8-9H,3-4H2,(H,18,19)(H,20,21)/t8-,9+/m1/s1. The van der Waals surface area contributed by atoms with E-state index in [-0.39, 0.29) is 12.8 Å². The first-order valence-corrected chi connectivity index (χ1v) is 6.23. The zero-order valence-corrected chi connectivity index (χ0v) is 10.8. The van der Waals surface area contributed by atoms with Crippen LogP contribution in [0.15, 0.2) is 24.3 Å². The van der Waals surface area contributed by atoms with E-state index in [9.17, 15) is 22.8 Å². The van der Waals surface area contributed by atoms with Gasteiger partial charge in [0, 0.05) is 12.1 Å². The molecule has 0 saturated carbocycles. The summed E-state index contributed by atoms with van der Waals surface area (Å²) in [5, 5.41) is 11.1. The highest BCUT2D eigenvalue weighted by Gasteiger charge is 2.34. The van der Waals surface area contributed by atoms with Crippen molar-refractivity contribution in [3.05, 3.63) is 41.7 Å². The zero-order valence-electron chi connectivity index (χ0n) is 10.8. The fraction of sp³-hybridized carbons (Fsp3) is 0.286. The Hall–Kier alpha value is -2.31. The molecule has 2 atom stereocenters. The molecule has 112 valence electrons. The molecule has 7 heteroatoms. The first-order valence-electron chi connectivity index (χ1n) is 6.23. The number of carbonyl (C=O) groups is 2. The number of anilines is 1. The van der Waals surface area contributed by atoms with Gasteiger partial charge in [-0.3, -0.25) is 9.59 Å². The van der Waals surface area contributed by atoms with Gasteiger partial charge in [-0.25, -0.2) is 13.2 Å². The third-order valence-electron chi connectivity index (χ3n) is 3.34. The Bertz CT molecular complexity index is 616. The third-order valence-corrected chi connectivity index (χ3v) is 3.34. The van der Waals surface area contributed by atoms with E-state index in [0.29, 0.717) is 12.1 Å². The van der Waals surface area contributed by atoms with E-state index in [1.165, 1.54) is 0 Å². The van der Waals surface area contributed by atoms with Gasteiger partial charge >= 0.3 is 5.97 Å². The van der Waals surface area contributed by atoms with Crippen LogP contribution < -0.4 is 5.32 Å². The van der Waals surface area contributed by atoms with E-state index in [0.717, 1.165) is 0 Å². The summed E-state index contributed by atoms with van der Waals surface area (Å²) in [6.45, 7) is 0. The number of hydrogen-bond acceptors (Lipinski definition) is 2. The SMILES string of the molecule is O=C(O)[C@H]1CC=CC[C@H]1C(=O)Nc1cc(F)cc(F)c1F. The van der Waals surface area contributed by atoms with Crippen molar-refractivity contribution in [2.45, 2.75) is 12.8 Å². The fourth-order valence-corrected chi connectivity index (χ4v) is 2.25. The molecule has 2 N–H and O–H groups in total. The highest BCUT2D eigenvalue weighted by atomic mass is 19.2. The molecule has 4 nitrogen and oxygen atoms in total. The van der Waals surface area contributed by atoms with Crippen LogP contribution in [0.4, 0.5) is 18.9 Å². The van der Waals surface area contributed by atoms with E-state index in [4.69, 9.17) is 5.11 Å². The molecule has 0 spiro atoms. The van der Waals surface area contributed by atoms with E-state index >= 15 is 0 Å². The van der Waals surface area contributed by atoms with Crippen LogP contribution in [-0.4, -0.2) is 17.0 Å². The number of amides is 1. The smallest absolute Gasteiger partial charge is 0.307 e. The average Bonchev–Trinajstić information content (AvgIpc) is 2.44. The summed E-state index contributed by atoms with van der Waals surface area (Å²) < 4.78 is 39.6. The molecule has 2 rings (SSSR count). The summed E-state index contributed by atoms with van der Waals surface area (Å²) in [5.74, 6) is -7.65. The second kappa shape index (κ2) is 5.99. The van der Waals surface area contributed by atoms with Crippen LogP contribution in [-0.2, 0) is 9.59 Å². The lowest BCUT2D eigenvalue weighted by Gasteiger charge is -2.24. The Morgan fingerprint density at radius 1 is 1.10 bits per heavy atom. The van der Waals surface area contributed by atoms with Crippen molar-refractivity contribution < 1.29 is 27.9 Å². The van der Waals surface area contributed by atoms with Crippen LogP contribution in [0.3, 0.4) is 0 Å². The van der Waals surface area contributed by atoms with Crippen molar-refractivity contribution in [3.63, 3.8) is 0 Å². The van der Waals surface area contributed by atoms with Gasteiger partial charge < -0.3 is 10.4 Å². The minimum absolute atomic E-state index is 0.169. The minimum Gasteiger partial charge on any atom is -0.481 e. The quantitative estimate of drug-likeness (QED) is 0.666. The number of halogens is 3. The lowest BCUT2D eigenvalue weighted by atomic mass is 9.82. The second-order valence-corrected chi connectivity index (χ2v) is 4.73. The number of carbonyl (C=O) groups excluding carboxylic acids is 1.